The zero-order chi connectivity index (χ0) is 25.4. The van der Waals surface area contributed by atoms with Gasteiger partial charge in [-0.3, -0.25) is 0 Å². The van der Waals surface area contributed by atoms with Gasteiger partial charge in [0.2, 0.25) is 0 Å². The number of amidine groups is 1. The highest BCUT2D eigenvalue weighted by molar-refractivity contribution is 6.03. The van der Waals surface area contributed by atoms with Gasteiger partial charge in [-0.15, -0.1) is 0 Å². The summed E-state index contributed by atoms with van der Waals surface area (Å²) in [5.41, 5.74) is 16.2. The second-order valence-corrected chi connectivity index (χ2v) is 9.07. The van der Waals surface area contributed by atoms with E-state index in [1.807, 2.05) is 36.7 Å². The molecule has 0 aliphatic carbocycles. The van der Waals surface area contributed by atoms with Crippen LogP contribution in [0.4, 0.5) is 0 Å². The van der Waals surface area contributed by atoms with Crippen LogP contribution in [0.2, 0.25) is 0 Å². The molecular weight excluding hydrogens is 448 g/mol. The Kier molecular flexibility index (Phi) is 6.01. The maximum atomic E-state index is 6.15. The molecule has 8 heteroatoms. The summed E-state index contributed by atoms with van der Waals surface area (Å²) < 4.78 is 4.25. The molecule has 3 heterocycles. The van der Waals surface area contributed by atoms with E-state index < -0.39 is 0 Å². The number of aromatic nitrogens is 5. The molecule has 5 aromatic rings. The lowest BCUT2D eigenvalue weighted by atomic mass is 9.97. The fourth-order valence-corrected chi connectivity index (χ4v) is 4.70. The highest BCUT2D eigenvalue weighted by Crippen LogP contribution is 2.28. The van der Waals surface area contributed by atoms with Gasteiger partial charge in [0, 0.05) is 35.3 Å². The molecule has 0 unspecified atom stereocenters. The van der Waals surface area contributed by atoms with Gasteiger partial charge >= 0.3 is 0 Å². The van der Waals surface area contributed by atoms with Crippen LogP contribution in [-0.2, 0) is 13.0 Å². The molecule has 5 rings (SSSR count). The predicted molar refractivity (Wildman–Crippen MR) is 144 cm³/mol. The van der Waals surface area contributed by atoms with Crippen molar-refractivity contribution in [3.63, 3.8) is 0 Å². The van der Waals surface area contributed by atoms with Crippen LogP contribution in [-0.4, -0.2) is 29.9 Å². The van der Waals surface area contributed by atoms with Crippen LogP contribution in [0.25, 0.3) is 28.0 Å². The number of hydrogen-bond donors (Lipinski definition) is 2. The van der Waals surface area contributed by atoms with E-state index in [0.29, 0.717) is 6.54 Å². The molecule has 0 spiro atoms. The number of imidazole rings is 2. The monoisotopic (exact) mass is 478 g/mol. The summed E-state index contributed by atoms with van der Waals surface area (Å²) in [4.78, 5) is 13.9. The maximum Gasteiger partial charge on any atom is 0.160 e. The zero-order valence-electron chi connectivity index (χ0n) is 21.0. The lowest BCUT2D eigenvalue weighted by Gasteiger charge is -2.14. The summed E-state index contributed by atoms with van der Waals surface area (Å²) in [6.45, 7) is 8.97. The van der Waals surface area contributed by atoms with Crippen molar-refractivity contribution in [1.82, 2.24) is 24.1 Å². The van der Waals surface area contributed by atoms with Crippen molar-refractivity contribution in [3.05, 3.63) is 95.0 Å². The highest BCUT2D eigenvalue weighted by Gasteiger charge is 2.15. The molecule has 0 amide bonds. The van der Waals surface area contributed by atoms with Crippen molar-refractivity contribution >= 4 is 17.0 Å². The predicted octanol–water partition coefficient (Wildman–Crippen LogP) is 4.40. The van der Waals surface area contributed by atoms with E-state index in [1.54, 1.807) is 6.33 Å². The average molecular weight is 479 g/mol. The van der Waals surface area contributed by atoms with Crippen LogP contribution >= 0.6 is 0 Å². The Morgan fingerprint density at radius 2 is 1.78 bits per heavy atom. The Bertz CT molecular complexity index is 1590. The third-order valence-electron chi connectivity index (χ3n) is 6.54. The topological polar surface area (TPSA) is 113 Å². The minimum atomic E-state index is 0.289. The van der Waals surface area contributed by atoms with Crippen LogP contribution in [0.1, 0.15) is 40.8 Å². The van der Waals surface area contributed by atoms with Crippen LogP contribution < -0.4 is 11.6 Å². The number of fused-ring (bicyclic) bond motifs is 1. The fraction of sp³-hybridized carbons (Fsp3) is 0.214. The normalized spacial score (nSPS) is 11.9. The molecule has 0 saturated heterocycles. The average Bonchev–Trinajstić information content (AvgIpc) is 3.47. The van der Waals surface area contributed by atoms with Crippen molar-refractivity contribution in [3.8, 4) is 16.8 Å². The van der Waals surface area contributed by atoms with Crippen LogP contribution in [0, 0.1) is 20.8 Å². The third-order valence-corrected chi connectivity index (χ3v) is 6.54. The molecule has 0 atom stereocenters. The molecule has 0 fully saturated rings. The number of pyridine rings is 1. The molecule has 182 valence electrons. The number of aryl methyl sites for hydroxylation is 4. The Labute approximate surface area is 210 Å². The van der Waals surface area contributed by atoms with Gasteiger partial charge < -0.3 is 20.7 Å². The molecule has 36 heavy (non-hydrogen) atoms. The van der Waals surface area contributed by atoms with Gasteiger partial charge in [-0.2, -0.15) is 5.10 Å². The van der Waals surface area contributed by atoms with E-state index in [-0.39, 0.29) is 5.84 Å². The molecule has 0 radical (unpaired) electrons. The Morgan fingerprint density at radius 3 is 2.44 bits per heavy atom. The summed E-state index contributed by atoms with van der Waals surface area (Å²) in [6, 6.07) is 16.6. The Balaban J connectivity index is 1.54. The quantitative estimate of drug-likeness (QED) is 0.163. The van der Waals surface area contributed by atoms with Crippen LogP contribution in [0.3, 0.4) is 0 Å². The first-order valence-electron chi connectivity index (χ1n) is 12.0. The summed E-state index contributed by atoms with van der Waals surface area (Å²) in [5.74, 6) is 6.86. The molecule has 0 saturated carbocycles. The highest BCUT2D eigenvalue weighted by atomic mass is 15.2. The smallest absolute Gasteiger partial charge is 0.160 e. The number of hydrazone groups is 1. The minimum Gasteiger partial charge on any atom is -0.382 e. The van der Waals surface area contributed by atoms with Gasteiger partial charge in [-0.1, -0.05) is 31.2 Å². The number of nitrogens with two attached hydrogens (primary N) is 2. The maximum absolute atomic E-state index is 6.15. The summed E-state index contributed by atoms with van der Waals surface area (Å²) in [6.07, 6.45) is 4.48. The van der Waals surface area contributed by atoms with Crippen LogP contribution in [0.15, 0.2) is 66.2 Å². The molecule has 0 bridgehead atoms. The first-order chi connectivity index (χ1) is 17.4. The molecule has 0 aliphatic heterocycles. The number of rotatable bonds is 6. The van der Waals surface area contributed by atoms with E-state index in [0.717, 1.165) is 68.3 Å². The second-order valence-electron chi connectivity index (χ2n) is 9.07. The third kappa shape index (κ3) is 4.11. The molecule has 4 N–H and O–H groups in total. The van der Waals surface area contributed by atoms with E-state index in [1.165, 1.54) is 0 Å². The fourth-order valence-electron chi connectivity index (χ4n) is 4.70. The molecule has 2 aromatic carbocycles. The van der Waals surface area contributed by atoms with Crippen molar-refractivity contribution in [2.75, 3.05) is 0 Å². The molecule has 0 aliphatic rings. The van der Waals surface area contributed by atoms with Crippen molar-refractivity contribution in [2.24, 2.45) is 16.7 Å². The summed E-state index contributed by atoms with van der Waals surface area (Å²) >= 11 is 0. The van der Waals surface area contributed by atoms with Gasteiger partial charge in [0.1, 0.15) is 11.3 Å². The van der Waals surface area contributed by atoms with E-state index in [9.17, 15) is 0 Å². The van der Waals surface area contributed by atoms with E-state index >= 15 is 0 Å². The zero-order valence-corrected chi connectivity index (χ0v) is 21.0. The summed E-state index contributed by atoms with van der Waals surface area (Å²) in [7, 11) is 0. The second kappa shape index (κ2) is 9.30. The number of benzene rings is 2. The Morgan fingerprint density at radius 1 is 1.00 bits per heavy atom. The van der Waals surface area contributed by atoms with E-state index in [4.69, 9.17) is 21.5 Å². The SMILES string of the molecule is CCc1nc2c(C)cc(C)nc2n1Cc1ccc(-c2cc(-n3cncc3C)ccc2/C(N)=N/N)cc1. The first-order valence-corrected chi connectivity index (χ1v) is 12.0. The minimum absolute atomic E-state index is 0.289. The molecule has 3 aromatic heterocycles. The largest absolute Gasteiger partial charge is 0.382 e. The number of nitrogens with zero attached hydrogens (tertiary/aromatic N) is 6. The lowest BCUT2D eigenvalue weighted by molar-refractivity contribution is 0.745. The standard InChI is InChI=1S/C28H30N8/c1-5-25-33-26-17(2)12-18(3)32-28(26)35(25)15-20-6-8-21(9-7-20)24-13-22(36-16-31-14-19(36)4)10-11-23(24)27(29)34-30/h6-14,16H,5,15,30H2,1-4H3,(H2,29,34). The first kappa shape index (κ1) is 23.3. The summed E-state index contributed by atoms with van der Waals surface area (Å²) in [5, 5.41) is 3.74. The molecular formula is C28H30N8. The van der Waals surface area contributed by atoms with Gasteiger partial charge in [-0.05, 0) is 67.3 Å². The van der Waals surface area contributed by atoms with Crippen molar-refractivity contribution in [2.45, 2.75) is 40.7 Å². The van der Waals surface area contributed by atoms with Gasteiger partial charge in [0.25, 0.3) is 0 Å². The molecule has 8 nitrogen and oxygen atoms in total. The van der Waals surface area contributed by atoms with Crippen molar-refractivity contribution < 1.29 is 0 Å². The van der Waals surface area contributed by atoms with Crippen LogP contribution in [0.5, 0.6) is 0 Å². The van der Waals surface area contributed by atoms with Gasteiger partial charge in [-0.25, -0.2) is 15.0 Å². The van der Waals surface area contributed by atoms with Gasteiger partial charge in [0.05, 0.1) is 12.9 Å². The Hall–Kier alpha value is -4.46. The van der Waals surface area contributed by atoms with E-state index in [2.05, 4.69) is 64.9 Å². The lowest BCUT2D eigenvalue weighted by Crippen LogP contribution is -2.17. The van der Waals surface area contributed by atoms with Gasteiger partial charge in [0.15, 0.2) is 11.5 Å². The number of hydrogen-bond acceptors (Lipinski definition) is 5. The van der Waals surface area contributed by atoms with Crippen molar-refractivity contribution in [1.29, 1.82) is 0 Å².